The Morgan fingerprint density at radius 3 is 3.10 bits per heavy atom. The topological polar surface area (TPSA) is 64.1 Å². The molecule has 0 atom stereocenters. The fourth-order valence-corrected chi connectivity index (χ4v) is 3.09. The highest BCUT2D eigenvalue weighted by Crippen LogP contribution is 2.28. The van der Waals surface area contributed by atoms with Gasteiger partial charge in [0, 0.05) is 11.4 Å². The van der Waals surface area contributed by atoms with E-state index in [1.807, 2.05) is 0 Å². The van der Waals surface area contributed by atoms with Gasteiger partial charge in [0.2, 0.25) is 5.13 Å². The maximum absolute atomic E-state index is 13.0. The van der Waals surface area contributed by atoms with E-state index >= 15 is 0 Å². The fraction of sp³-hybridized carbons (Fsp3) is 0.250. The van der Waals surface area contributed by atoms with Crippen molar-refractivity contribution >= 4 is 39.9 Å². The number of halogens is 1. The van der Waals surface area contributed by atoms with Crippen LogP contribution in [-0.4, -0.2) is 29.0 Å². The average molecular weight is 313 g/mol. The van der Waals surface area contributed by atoms with Crippen LogP contribution in [0.2, 0.25) is 0 Å². The van der Waals surface area contributed by atoms with Gasteiger partial charge in [0.25, 0.3) is 0 Å². The average Bonchev–Trinajstić information content (AvgIpc) is 2.86. The summed E-state index contributed by atoms with van der Waals surface area (Å²) in [5.74, 6) is 0.0219. The second kappa shape index (κ2) is 7.20. The first kappa shape index (κ1) is 14.7. The number of benzene rings is 1. The SMILES string of the molecule is COC(=O)CCSc1nnc(Nc2cccc(F)c2)s1. The molecule has 2 aromatic rings. The smallest absolute Gasteiger partial charge is 0.306 e. The summed E-state index contributed by atoms with van der Waals surface area (Å²) in [5, 5.41) is 11.5. The molecule has 106 valence electrons. The second-order valence-electron chi connectivity index (χ2n) is 3.68. The Balaban J connectivity index is 1.87. The van der Waals surface area contributed by atoms with Crippen molar-refractivity contribution in [2.75, 3.05) is 18.2 Å². The Morgan fingerprint density at radius 2 is 2.35 bits per heavy atom. The summed E-state index contributed by atoms with van der Waals surface area (Å²) in [6.45, 7) is 0. The van der Waals surface area contributed by atoms with Gasteiger partial charge in [-0.05, 0) is 18.2 Å². The largest absolute Gasteiger partial charge is 0.469 e. The lowest BCUT2D eigenvalue weighted by molar-refractivity contribution is -0.140. The summed E-state index contributed by atoms with van der Waals surface area (Å²) in [6.07, 6.45) is 0.327. The zero-order valence-corrected chi connectivity index (χ0v) is 12.3. The van der Waals surface area contributed by atoms with Crippen LogP contribution in [0.1, 0.15) is 6.42 Å². The van der Waals surface area contributed by atoms with Crippen LogP contribution >= 0.6 is 23.1 Å². The molecule has 0 fully saturated rings. The molecule has 0 aliphatic rings. The molecule has 0 radical (unpaired) electrons. The Bertz CT molecular complexity index is 592. The van der Waals surface area contributed by atoms with Crippen molar-refractivity contribution in [1.82, 2.24) is 10.2 Å². The number of esters is 1. The Labute approximate surface area is 123 Å². The predicted octanol–water partition coefficient (Wildman–Crippen LogP) is 3.08. The van der Waals surface area contributed by atoms with Gasteiger partial charge in [-0.3, -0.25) is 4.79 Å². The number of carbonyl (C=O) groups excluding carboxylic acids is 1. The molecule has 0 aliphatic carbocycles. The maximum Gasteiger partial charge on any atom is 0.306 e. The van der Waals surface area contributed by atoms with E-state index in [9.17, 15) is 9.18 Å². The van der Waals surface area contributed by atoms with E-state index in [4.69, 9.17) is 0 Å². The molecule has 5 nitrogen and oxygen atoms in total. The third-order valence-electron chi connectivity index (χ3n) is 2.24. The van der Waals surface area contributed by atoms with Crippen LogP contribution < -0.4 is 5.32 Å². The zero-order valence-electron chi connectivity index (χ0n) is 10.6. The number of nitrogens with one attached hydrogen (secondary N) is 1. The molecule has 0 spiro atoms. The molecule has 0 saturated heterocycles. The van der Waals surface area contributed by atoms with E-state index in [0.29, 0.717) is 23.0 Å². The fourth-order valence-electron chi connectivity index (χ4n) is 1.33. The molecular weight excluding hydrogens is 301 g/mol. The van der Waals surface area contributed by atoms with Crippen LogP contribution in [0.4, 0.5) is 15.2 Å². The standard InChI is InChI=1S/C12H12FN3O2S2/c1-18-10(17)5-6-19-12-16-15-11(20-12)14-9-4-2-3-8(13)7-9/h2-4,7H,5-6H2,1H3,(H,14,15). The molecule has 1 heterocycles. The number of carbonyl (C=O) groups is 1. The highest BCUT2D eigenvalue weighted by Gasteiger charge is 2.07. The number of hydrogen-bond acceptors (Lipinski definition) is 7. The maximum atomic E-state index is 13.0. The lowest BCUT2D eigenvalue weighted by Gasteiger charge is -2.00. The molecule has 0 saturated carbocycles. The van der Waals surface area contributed by atoms with Crippen LogP contribution in [0, 0.1) is 5.82 Å². The van der Waals surface area contributed by atoms with Crippen molar-refractivity contribution in [3.05, 3.63) is 30.1 Å². The normalized spacial score (nSPS) is 10.3. The van der Waals surface area contributed by atoms with Crippen LogP contribution in [0.5, 0.6) is 0 Å². The first-order valence-electron chi connectivity index (χ1n) is 5.73. The molecule has 1 N–H and O–H groups in total. The third-order valence-corrected chi connectivity index (χ3v) is 4.22. The minimum atomic E-state index is -0.313. The van der Waals surface area contributed by atoms with Crippen molar-refractivity contribution < 1.29 is 13.9 Å². The molecule has 20 heavy (non-hydrogen) atoms. The molecule has 0 aliphatic heterocycles. The van der Waals surface area contributed by atoms with E-state index in [1.54, 1.807) is 12.1 Å². The molecule has 0 amide bonds. The number of nitrogens with zero attached hydrogens (tertiary/aromatic N) is 2. The number of methoxy groups -OCH3 is 1. The zero-order chi connectivity index (χ0) is 14.4. The minimum absolute atomic E-state index is 0.250. The van der Waals surface area contributed by atoms with Gasteiger partial charge in [-0.25, -0.2) is 4.39 Å². The summed E-state index contributed by atoms with van der Waals surface area (Å²) in [6, 6.07) is 6.12. The van der Waals surface area contributed by atoms with Gasteiger partial charge >= 0.3 is 5.97 Å². The second-order valence-corrected chi connectivity index (χ2v) is 6.00. The molecule has 2 rings (SSSR count). The van der Waals surface area contributed by atoms with Crippen molar-refractivity contribution in [1.29, 1.82) is 0 Å². The molecule has 1 aromatic carbocycles. The quantitative estimate of drug-likeness (QED) is 0.653. The van der Waals surface area contributed by atoms with Gasteiger partial charge in [0.05, 0.1) is 13.5 Å². The van der Waals surface area contributed by atoms with E-state index < -0.39 is 0 Å². The number of hydrogen-bond donors (Lipinski definition) is 1. The number of anilines is 2. The van der Waals surface area contributed by atoms with Crippen LogP contribution in [0.25, 0.3) is 0 Å². The Hall–Kier alpha value is -1.67. The summed E-state index contributed by atoms with van der Waals surface area (Å²) in [5.41, 5.74) is 0.618. The molecule has 0 bridgehead atoms. The lowest BCUT2D eigenvalue weighted by Crippen LogP contribution is -2.00. The first-order chi connectivity index (χ1) is 9.67. The van der Waals surface area contributed by atoms with Crippen LogP contribution in [-0.2, 0) is 9.53 Å². The third kappa shape index (κ3) is 4.46. The van der Waals surface area contributed by atoms with Crippen molar-refractivity contribution in [3.8, 4) is 0 Å². The van der Waals surface area contributed by atoms with Gasteiger partial charge < -0.3 is 10.1 Å². The summed E-state index contributed by atoms with van der Waals surface area (Å²) < 4.78 is 18.3. The van der Waals surface area contributed by atoms with Gasteiger partial charge in [-0.2, -0.15) is 0 Å². The summed E-state index contributed by atoms with van der Waals surface area (Å²) in [4.78, 5) is 11.0. The number of rotatable bonds is 6. The highest BCUT2D eigenvalue weighted by molar-refractivity contribution is 8.01. The van der Waals surface area contributed by atoms with Gasteiger partial charge in [0.15, 0.2) is 4.34 Å². The first-order valence-corrected chi connectivity index (χ1v) is 7.53. The Morgan fingerprint density at radius 1 is 1.50 bits per heavy atom. The van der Waals surface area contributed by atoms with Gasteiger partial charge in [-0.1, -0.05) is 29.2 Å². The predicted molar refractivity (Wildman–Crippen MR) is 76.9 cm³/mol. The van der Waals surface area contributed by atoms with Crippen molar-refractivity contribution in [2.24, 2.45) is 0 Å². The van der Waals surface area contributed by atoms with Gasteiger partial charge in [-0.15, -0.1) is 10.2 Å². The lowest BCUT2D eigenvalue weighted by atomic mass is 10.3. The highest BCUT2D eigenvalue weighted by atomic mass is 32.2. The van der Waals surface area contributed by atoms with Gasteiger partial charge in [0.1, 0.15) is 5.82 Å². The number of thioether (sulfide) groups is 1. The molecular formula is C12H12FN3O2S2. The monoisotopic (exact) mass is 313 g/mol. The van der Waals surface area contributed by atoms with Crippen molar-refractivity contribution in [2.45, 2.75) is 10.8 Å². The molecule has 0 unspecified atom stereocenters. The summed E-state index contributed by atoms with van der Waals surface area (Å²) >= 11 is 2.78. The number of ether oxygens (including phenoxy) is 1. The molecule has 8 heteroatoms. The molecule has 1 aromatic heterocycles. The van der Waals surface area contributed by atoms with E-state index in [1.165, 1.54) is 42.3 Å². The van der Waals surface area contributed by atoms with Crippen molar-refractivity contribution in [3.63, 3.8) is 0 Å². The number of aromatic nitrogens is 2. The van der Waals surface area contributed by atoms with E-state index in [0.717, 1.165) is 4.34 Å². The van der Waals surface area contributed by atoms with Crippen LogP contribution in [0.3, 0.4) is 0 Å². The summed E-state index contributed by atoms with van der Waals surface area (Å²) in [7, 11) is 1.36. The van der Waals surface area contributed by atoms with Crippen LogP contribution in [0.15, 0.2) is 28.6 Å². The van der Waals surface area contributed by atoms with E-state index in [-0.39, 0.29) is 11.8 Å². The minimum Gasteiger partial charge on any atom is -0.469 e. The van der Waals surface area contributed by atoms with E-state index in [2.05, 4.69) is 20.3 Å². The Kier molecular flexibility index (Phi) is 5.31.